The number of carbonyl (C=O) groups excluding carboxylic acids is 2. The summed E-state index contributed by atoms with van der Waals surface area (Å²) < 4.78 is 5.14. The highest BCUT2D eigenvalue weighted by molar-refractivity contribution is 7.80. The van der Waals surface area contributed by atoms with Crippen molar-refractivity contribution in [2.75, 3.05) is 5.75 Å². The molecule has 0 aromatic heterocycles. The van der Waals surface area contributed by atoms with Crippen LogP contribution >= 0.6 is 12.6 Å². The van der Waals surface area contributed by atoms with Gasteiger partial charge in [-0.15, -0.1) is 0 Å². The maximum absolute atomic E-state index is 12.6. The molecule has 2 rings (SSSR count). The standard InChI is InChI=1S/C20H22N2O6S/c23-15-8-6-13(7-9-15)10-16(18(24)21-17(12-29)19(25)26)22-20(27)28-11-14-4-2-1-3-5-14/h1-9,16-17,23,29H,10-12H2,(H,21,24)(H,22,27)(H,25,26)/t16-,17-/m0/s1. The second-order valence-corrected chi connectivity index (χ2v) is 6.58. The van der Waals surface area contributed by atoms with E-state index in [4.69, 9.17) is 9.84 Å². The molecule has 4 N–H and O–H groups in total. The highest BCUT2D eigenvalue weighted by Crippen LogP contribution is 2.12. The third kappa shape index (κ3) is 7.38. The van der Waals surface area contributed by atoms with Crippen LogP contribution in [0.2, 0.25) is 0 Å². The number of phenolic OH excluding ortho intramolecular Hbond substituents is 1. The first kappa shape index (κ1) is 22.1. The van der Waals surface area contributed by atoms with Gasteiger partial charge in [-0.1, -0.05) is 42.5 Å². The van der Waals surface area contributed by atoms with Gasteiger partial charge >= 0.3 is 12.1 Å². The van der Waals surface area contributed by atoms with Gasteiger partial charge in [-0.2, -0.15) is 12.6 Å². The third-order valence-electron chi connectivity index (χ3n) is 3.99. The maximum atomic E-state index is 12.6. The van der Waals surface area contributed by atoms with Gasteiger partial charge in [-0.25, -0.2) is 9.59 Å². The molecule has 2 aromatic carbocycles. The first-order valence-corrected chi connectivity index (χ1v) is 9.41. The number of alkyl carbamates (subject to hydrolysis) is 1. The van der Waals surface area contributed by atoms with Crippen LogP contribution in [0.4, 0.5) is 4.79 Å². The van der Waals surface area contributed by atoms with Gasteiger partial charge in [0, 0.05) is 12.2 Å². The highest BCUT2D eigenvalue weighted by Gasteiger charge is 2.26. The van der Waals surface area contributed by atoms with Crippen LogP contribution in [0.3, 0.4) is 0 Å². The average molecular weight is 418 g/mol. The number of amides is 2. The number of nitrogens with one attached hydrogen (secondary N) is 2. The minimum atomic E-state index is -1.23. The molecule has 2 atom stereocenters. The van der Waals surface area contributed by atoms with E-state index in [1.54, 1.807) is 36.4 Å². The zero-order valence-electron chi connectivity index (χ0n) is 15.4. The molecule has 0 unspecified atom stereocenters. The van der Waals surface area contributed by atoms with Crippen molar-refractivity contribution < 1.29 is 29.3 Å². The zero-order chi connectivity index (χ0) is 21.2. The Balaban J connectivity index is 2.05. The average Bonchev–Trinajstić information content (AvgIpc) is 2.72. The van der Waals surface area contributed by atoms with Crippen molar-refractivity contribution in [3.05, 3.63) is 65.7 Å². The number of rotatable bonds is 9. The van der Waals surface area contributed by atoms with Crippen LogP contribution in [-0.4, -0.2) is 46.0 Å². The molecule has 154 valence electrons. The number of phenols is 1. The Hall–Kier alpha value is -3.20. The predicted molar refractivity (Wildman–Crippen MR) is 109 cm³/mol. The normalized spacial score (nSPS) is 12.4. The van der Waals surface area contributed by atoms with E-state index in [2.05, 4.69) is 23.3 Å². The largest absolute Gasteiger partial charge is 0.508 e. The quantitative estimate of drug-likeness (QED) is 0.395. The molecule has 0 saturated carbocycles. The lowest BCUT2D eigenvalue weighted by atomic mass is 10.0. The molecule has 0 radical (unpaired) electrons. The Morgan fingerprint density at radius 2 is 1.59 bits per heavy atom. The van der Waals surface area contributed by atoms with E-state index in [1.807, 2.05) is 6.07 Å². The summed E-state index contributed by atoms with van der Waals surface area (Å²) in [5.41, 5.74) is 1.44. The van der Waals surface area contributed by atoms with Gasteiger partial charge in [0.1, 0.15) is 24.4 Å². The van der Waals surface area contributed by atoms with E-state index in [-0.39, 0.29) is 24.5 Å². The third-order valence-corrected chi connectivity index (χ3v) is 4.36. The van der Waals surface area contributed by atoms with Crippen molar-refractivity contribution in [1.82, 2.24) is 10.6 Å². The van der Waals surface area contributed by atoms with Crippen LogP contribution in [0.1, 0.15) is 11.1 Å². The first-order valence-electron chi connectivity index (χ1n) is 8.78. The van der Waals surface area contributed by atoms with Gasteiger partial charge in [0.05, 0.1) is 0 Å². The fourth-order valence-corrected chi connectivity index (χ4v) is 2.69. The minimum absolute atomic E-state index is 0.0224. The van der Waals surface area contributed by atoms with Gasteiger partial charge in [0.2, 0.25) is 5.91 Å². The number of ether oxygens (including phenoxy) is 1. The number of hydrogen-bond acceptors (Lipinski definition) is 6. The monoisotopic (exact) mass is 418 g/mol. The van der Waals surface area contributed by atoms with Crippen molar-refractivity contribution in [2.24, 2.45) is 0 Å². The summed E-state index contributed by atoms with van der Waals surface area (Å²) in [6.45, 7) is 0.0224. The number of hydrogen-bond donors (Lipinski definition) is 5. The first-order chi connectivity index (χ1) is 13.9. The molecule has 0 aliphatic rings. The Kier molecular flexibility index (Phi) is 8.35. The maximum Gasteiger partial charge on any atom is 0.408 e. The number of aromatic hydroxyl groups is 1. The van der Waals surface area contributed by atoms with Crippen LogP contribution < -0.4 is 10.6 Å². The second kappa shape index (κ2) is 11.0. The second-order valence-electron chi connectivity index (χ2n) is 6.21. The minimum Gasteiger partial charge on any atom is -0.508 e. The van der Waals surface area contributed by atoms with E-state index in [1.165, 1.54) is 12.1 Å². The molecular weight excluding hydrogens is 396 g/mol. The fraction of sp³-hybridized carbons (Fsp3) is 0.250. The van der Waals surface area contributed by atoms with E-state index >= 15 is 0 Å². The molecule has 0 bridgehead atoms. The van der Waals surface area contributed by atoms with Gasteiger partial charge in [-0.05, 0) is 23.3 Å². The summed E-state index contributed by atoms with van der Waals surface area (Å²) in [5, 5.41) is 23.3. The predicted octanol–water partition coefficient (Wildman–Crippen LogP) is 1.73. The Bertz CT molecular complexity index is 829. The SMILES string of the molecule is O=C(N[C@@H](Cc1ccc(O)cc1)C(=O)N[C@@H](CS)C(=O)O)OCc1ccccc1. The topological polar surface area (TPSA) is 125 Å². The van der Waals surface area contributed by atoms with Crippen molar-refractivity contribution >= 4 is 30.6 Å². The summed E-state index contributed by atoms with van der Waals surface area (Å²) in [6.07, 6.45) is -0.739. The van der Waals surface area contributed by atoms with Crippen LogP contribution in [0.5, 0.6) is 5.75 Å². The lowest BCUT2D eigenvalue weighted by Crippen LogP contribution is -2.53. The van der Waals surface area contributed by atoms with Crippen molar-refractivity contribution in [1.29, 1.82) is 0 Å². The molecule has 9 heteroatoms. The lowest BCUT2D eigenvalue weighted by molar-refractivity contribution is -0.141. The van der Waals surface area contributed by atoms with Gasteiger partial charge in [0.15, 0.2) is 0 Å². The van der Waals surface area contributed by atoms with Crippen LogP contribution in [0, 0.1) is 0 Å². The number of carboxylic acids is 1. The number of aliphatic carboxylic acids is 1. The van der Waals surface area contributed by atoms with Crippen molar-refractivity contribution in [2.45, 2.75) is 25.1 Å². The summed E-state index contributed by atoms with van der Waals surface area (Å²) >= 11 is 3.92. The lowest BCUT2D eigenvalue weighted by Gasteiger charge is -2.21. The number of thiol groups is 1. The molecule has 0 saturated heterocycles. The molecule has 0 fully saturated rings. The molecule has 8 nitrogen and oxygen atoms in total. The van der Waals surface area contributed by atoms with Crippen molar-refractivity contribution in [3.8, 4) is 5.75 Å². The summed E-state index contributed by atoms with van der Waals surface area (Å²) in [6, 6.07) is 12.8. The molecule has 2 aromatic rings. The number of carbonyl (C=O) groups is 3. The Morgan fingerprint density at radius 1 is 0.931 bits per heavy atom. The van der Waals surface area contributed by atoms with Gasteiger partial charge < -0.3 is 25.6 Å². The van der Waals surface area contributed by atoms with Crippen LogP contribution in [-0.2, 0) is 27.4 Å². The van der Waals surface area contributed by atoms with E-state index in [9.17, 15) is 19.5 Å². The van der Waals surface area contributed by atoms with E-state index < -0.39 is 30.1 Å². The van der Waals surface area contributed by atoms with Crippen LogP contribution in [0.25, 0.3) is 0 Å². The number of carboxylic acid groups (broad SMARTS) is 1. The van der Waals surface area contributed by atoms with Crippen LogP contribution in [0.15, 0.2) is 54.6 Å². The molecule has 2 amide bonds. The zero-order valence-corrected chi connectivity index (χ0v) is 16.3. The fourth-order valence-electron chi connectivity index (χ4n) is 2.44. The molecule has 0 spiro atoms. The van der Waals surface area contributed by atoms with Gasteiger partial charge in [0.25, 0.3) is 0 Å². The molecule has 29 heavy (non-hydrogen) atoms. The molecule has 0 aliphatic carbocycles. The highest BCUT2D eigenvalue weighted by atomic mass is 32.1. The van der Waals surface area contributed by atoms with E-state index in [0.29, 0.717) is 5.56 Å². The smallest absolute Gasteiger partial charge is 0.408 e. The number of benzene rings is 2. The summed E-state index contributed by atoms with van der Waals surface area (Å²) in [5.74, 6) is -1.96. The Morgan fingerprint density at radius 3 is 2.17 bits per heavy atom. The van der Waals surface area contributed by atoms with Crippen molar-refractivity contribution in [3.63, 3.8) is 0 Å². The molecule has 0 aliphatic heterocycles. The summed E-state index contributed by atoms with van der Waals surface area (Å²) in [4.78, 5) is 35.9. The molecular formula is C20H22N2O6S. The van der Waals surface area contributed by atoms with Gasteiger partial charge in [-0.3, -0.25) is 4.79 Å². The summed E-state index contributed by atoms with van der Waals surface area (Å²) in [7, 11) is 0. The Labute approximate surface area is 173 Å². The molecule has 0 heterocycles. The van der Waals surface area contributed by atoms with E-state index in [0.717, 1.165) is 5.56 Å².